The van der Waals surface area contributed by atoms with Crippen LogP contribution >= 0.6 is 0 Å². The van der Waals surface area contributed by atoms with E-state index >= 15 is 0 Å². The van der Waals surface area contributed by atoms with Gasteiger partial charge in [0, 0.05) is 36.7 Å². The van der Waals surface area contributed by atoms with E-state index in [0.29, 0.717) is 29.2 Å². The molecule has 0 spiro atoms. The summed E-state index contributed by atoms with van der Waals surface area (Å²) >= 11 is 0. The van der Waals surface area contributed by atoms with Crippen LogP contribution in [0.3, 0.4) is 0 Å². The Morgan fingerprint density at radius 2 is 1.60 bits per heavy atom. The molecule has 0 unspecified atom stereocenters. The molecule has 0 radical (unpaired) electrons. The fraction of sp³-hybridized carbons (Fsp3) is 0.318. The molecule has 2 aromatic rings. The van der Waals surface area contributed by atoms with Gasteiger partial charge in [0.15, 0.2) is 0 Å². The van der Waals surface area contributed by atoms with E-state index in [1.165, 1.54) is 4.90 Å². The van der Waals surface area contributed by atoms with Gasteiger partial charge in [-0.2, -0.15) is 0 Å². The number of anilines is 3. The van der Waals surface area contributed by atoms with Gasteiger partial charge in [-0.1, -0.05) is 19.9 Å². The molecule has 30 heavy (non-hydrogen) atoms. The van der Waals surface area contributed by atoms with Crippen LogP contribution in [0.15, 0.2) is 48.5 Å². The fourth-order valence-electron chi connectivity index (χ4n) is 2.45. The van der Waals surface area contributed by atoms with Crippen LogP contribution in [0.5, 0.6) is 0 Å². The molecular formula is C22H28N4O4. The number of amides is 3. The third kappa shape index (κ3) is 7.46. The lowest BCUT2D eigenvalue weighted by atomic mass is 10.2. The van der Waals surface area contributed by atoms with Gasteiger partial charge >= 0.3 is 6.09 Å². The highest BCUT2D eigenvalue weighted by Gasteiger charge is 2.09. The SMILES string of the molecule is CC(C)COC(=O)Nc1cccc(NCC(=O)Nc2ccc(C(=O)N(C)C)cc2)c1. The first-order valence-electron chi connectivity index (χ1n) is 9.64. The molecule has 2 rings (SSSR count). The quantitative estimate of drug-likeness (QED) is 0.615. The highest BCUT2D eigenvalue weighted by Crippen LogP contribution is 2.16. The lowest BCUT2D eigenvalue weighted by Crippen LogP contribution is -2.23. The summed E-state index contributed by atoms with van der Waals surface area (Å²) in [6.07, 6.45) is -0.519. The Labute approximate surface area is 176 Å². The summed E-state index contributed by atoms with van der Waals surface area (Å²) in [6.45, 7) is 4.30. The van der Waals surface area contributed by atoms with E-state index < -0.39 is 6.09 Å². The molecule has 3 N–H and O–H groups in total. The Bertz CT molecular complexity index is 879. The van der Waals surface area contributed by atoms with Crippen LogP contribution in [0.2, 0.25) is 0 Å². The van der Waals surface area contributed by atoms with Crippen LogP contribution in [-0.2, 0) is 9.53 Å². The van der Waals surface area contributed by atoms with Gasteiger partial charge in [0.1, 0.15) is 0 Å². The Balaban J connectivity index is 1.84. The normalized spacial score (nSPS) is 10.3. The molecule has 2 aromatic carbocycles. The van der Waals surface area contributed by atoms with Crippen LogP contribution in [0, 0.1) is 5.92 Å². The molecule has 0 aromatic heterocycles. The lowest BCUT2D eigenvalue weighted by molar-refractivity contribution is -0.114. The predicted molar refractivity (Wildman–Crippen MR) is 118 cm³/mol. The number of hydrogen-bond donors (Lipinski definition) is 3. The number of carbonyl (C=O) groups is 3. The van der Waals surface area contributed by atoms with E-state index in [1.807, 2.05) is 13.8 Å². The summed E-state index contributed by atoms with van der Waals surface area (Å²) in [4.78, 5) is 37.3. The van der Waals surface area contributed by atoms with Crippen molar-refractivity contribution in [2.75, 3.05) is 43.2 Å². The van der Waals surface area contributed by atoms with E-state index in [9.17, 15) is 14.4 Å². The zero-order valence-electron chi connectivity index (χ0n) is 17.7. The maximum absolute atomic E-state index is 12.2. The summed E-state index contributed by atoms with van der Waals surface area (Å²) in [5, 5.41) is 8.43. The standard InChI is InChI=1S/C22H28N4O4/c1-15(2)14-30-22(29)25-19-7-5-6-18(12-19)23-13-20(27)24-17-10-8-16(9-11-17)21(28)26(3)4/h5-12,15,23H,13-14H2,1-4H3,(H,24,27)(H,25,29). The molecule has 0 fully saturated rings. The molecule has 0 aliphatic rings. The highest BCUT2D eigenvalue weighted by molar-refractivity contribution is 5.96. The number of ether oxygens (including phenoxy) is 1. The van der Waals surface area contributed by atoms with Crippen molar-refractivity contribution in [2.24, 2.45) is 5.92 Å². The Hall–Kier alpha value is -3.55. The van der Waals surface area contributed by atoms with E-state index in [0.717, 1.165) is 0 Å². The van der Waals surface area contributed by atoms with Crippen LogP contribution in [0.1, 0.15) is 24.2 Å². The molecule has 8 heteroatoms. The van der Waals surface area contributed by atoms with Crippen molar-refractivity contribution in [3.05, 3.63) is 54.1 Å². The minimum absolute atomic E-state index is 0.0413. The third-order valence-electron chi connectivity index (χ3n) is 3.93. The van der Waals surface area contributed by atoms with Gasteiger partial charge in [-0.25, -0.2) is 4.79 Å². The molecule has 0 saturated carbocycles. The fourth-order valence-corrected chi connectivity index (χ4v) is 2.45. The number of nitrogens with zero attached hydrogens (tertiary/aromatic N) is 1. The van der Waals surface area contributed by atoms with Crippen molar-refractivity contribution in [3.63, 3.8) is 0 Å². The predicted octanol–water partition coefficient (Wildman–Crippen LogP) is 3.64. The van der Waals surface area contributed by atoms with Crippen molar-refractivity contribution in [1.82, 2.24) is 4.90 Å². The first kappa shape index (κ1) is 22.7. The smallest absolute Gasteiger partial charge is 0.411 e. The van der Waals surface area contributed by atoms with Gasteiger partial charge in [-0.05, 0) is 48.4 Å². The second-order valence-electron chi connectivity index (χ2n) is 7.38. The van der Waals surface area contributed by atoms with Crippen molar-refractivity contribution < 1.29 is 19.1 Å². The lowest BCUT2D eigenvalue weighted by Gasteiger charge is -2.12. The third-order valence-corrected chi connectivity index (χ3v) is 3.93. The Morgan fingerprint density at radius 1 is 0.933 bits per heavy atom. The van der Waals surface area contributed by atoms with Crippen molar-refractivity contribution in [1.29, 1.82) is 0 Å². The second kappa shape index (κ2) is 10.8. The summed E-state index contributed by atoms with van der Waals surface area (Å²) in [6, 6.07) is 13.7. The molecule has 0 atom stereocenters. The second-order valence-corrected chi connectivity index (χ2v) is 7.38. The summed E-state index contributed by atoms with van der Waals surface area (Å²) in [5.41, 5.74) is 2.39. The number of carbonyl (C=O) groups excluding carboxylic acids is 3. The maximum Gasteiger partial charge on any atom is 0.411 e. The molecule has 0 heterocycles. The van der Waals surface area contributed by atoms with E-state index in [2.05, 4.69) is 16.0 Å². The topological polar surface area (TPSA) is 99.8 Å². The zero-order chi connectivity index (χ0) is 22.1. The monoisotopic (exact) mass is 412 g/mol. The van der Waals surface area contributed by atoms with E-state index in [1.54, 1.807) is 62.6 Å². The Kier molecular flexibility index (Phi) is 8.22. The van der Waals surface area contributed by atoms with Crippen LogP contribution in [0.4, 0.5) is 21.9 Å². The van der Waals surface area contributed by atoms with Gasteiger partial charge in [0.05, 0.1) is 13.2 Å². The van der Waals surface area contributed by atoms with Crippen molar-refractivity contribution in [3.8, 4) is 0 Å². The zero-order valence-corrected chi connectivity index (χ0v) is 17.7. The molecule has 0 aliphatic heterocycles. The number of nitrogens with one attached hydrogen (secondary N) is 3. The summed E-state index contributed by atoms with van der Waals surface area (Å²) < 4.78 is 5.09. The van der Waals surface area contributed by atoms with Gasteiger partial charge in [0.2, 0.25) is 5.91 Å². The van der Waals surface area contributed by atoms with Crippen LogP contribution < -0.4 is 16.0 Å². The van der Waals surface area contributed by atoms with E-state index in [-0.39, 0.29) is 24.3 Å². The van der Waals surface area contributed by atoms with Crippen molar-refractivity contribution >= 4 is 35.0 Å². The average Bonchev–Trinajstić information content (AvgIpc) is 2.71. The molecule has 0 aliphatic carbocycles. The molecule has 0 saturated heterocycles. The minimum atomic E-state index is -0.519. The van der Waals surface area contributed by atoms with Gasteiger partial charge in [-0.3, -0.25) is 14.9 Å². The minimum Gasteiger partial charge on any atom is -0.449 e. The highest BCUT2D eigenvalue weighted by atomic mass is 16.5. The van der Waals surface area contributed by atoms with Crippen LogP contribution in [-0.4, -0.2) is 50.1 Å². The molecule has 8 nitrogen and oxygen atoms in total. The number of benzene rings is 2. The van der Waals surface area contributed by atoms with Crippen LogP contribution in [0.25, 0.3) is 0 Å². The first-order chi connectivity index (χ1) is 14.2. The molecule has 0 bridgehead atoms. The summed E-state index contributed by atoms with van der Waals surface area (Å²) in [5.74, 6) is -0.0838. The van der Waals surface area contributed by atoms with Gasteiger partial charge in [-0.15, -0.1) is 0 Å². The maximum atomic E-state index is 12.2. The van der Waals surface area contributed by atoms with Crippen molar-refractivity contribution in [2.45, 2.75) is 13.8 Å². The molecular weight excluding hydrogens is 384 g/mol. The van der Waals surface area contributed by atoms with E-state index in [4.69, 9.17) is 4.74 Å². The largest absolute Gasteiger partial charge is 0.449 e. The molecule has 160 valence electrons. The summed E-state index contributed by atoms with van der Waals surface area (Å²) in [7, 11) is 3.37. The number of rotatable bonds is 8. The van der Waals surface area contributed by atoms with Gasteiger partial charge in [0.25, 0.3) is 5.91 Å². The average molecular weight is 412 g/mol. The first-order valence-corrected chi connectivity index (χ1v) is 9.64. The Morgan fingerprint density at radius 3 is 2.23 bits per heavy atom. The molecule has 3 amide bonds. The van der Waals surface area contributed by atoms with Gasteiger partial charge < -0.3 is 20.3 Å². The number of hydrogen-bond acceptors (Lipinski definition) is 5.